The van der Waals surface area contributed by atoms with Crippen LogP contribution in [0, 0.1) is 0 Å². The molecule has 0 saturated carbocycles. The van der Waals surface area contributed by atoms with Gasteiger partial charge in [-0.15, -0.1) is 0 Å². The first kappa shape index (κ1) is 15.3. The van der Waals surface area contributed by atoms with Gasteiger partial charge in [-0.1, -0.05) is 6.07 Å². The van der Waals surface area contributed by atoms with E-state index in [1.165, 1.54) is 0 Å². The Morgan fingerprint density at radius 3 is 2.42 bits per heavy atom. The molecule has 0 aliphatic carbocycles. The molecule has 1 aromatic heterocycles. The summed E-state index contributed by atoms with van der Waals surface area (Å²) in [7, 11) is 0. The van der Waals surface area contributed by atoms with Gasteiger partial charge in [-0.3, -0.25) is 4.79 Å². The Morgan fingerprint density at radius 1 is 1.21 bits per heavy atom. The minimum Gasteiger partial charge on any atom is -0.370 e. The Bertz CT molecular complexity index is 412. The summed E-state index contributed by atoms with van der Waals surface area (Å²) in [6, 6.07) is 5.74. The maximum Gasteiger partial charge on any atom is 0.222 e. The van der Waals surface area contributed by atoms with Crippen LogP contribution in [0.4, 0.5) is 11.6 Å². The van der Waals surface area contributed by atoms with Gasteiger partial charge in [0.15, 0.2) is 0 Å². The topological polar surface area (TPSA) is 66.0 Å². The molecular weight excluding hydrogens is 240 g/mol. The summed E-state index contributed by atoms with van der Waals surface area (Å²) in [4.78, 5) is 16.0. The monoisotopic (exact) mass is 264 g/mol. The van der Waals surface area contributed by atoms with Crippen LogP contribution < -0.4 is 16.0 Å². The molecule has 0 spiro atoms. The number of rotatable bonds is 6. The van der Waals surface area contributed by atoms with Crippen molar-refractivity contribution in [2.45, 2.75) is 39.7 Å². The predicted octanol–water partition coefficient (Wildman–Crippen LogP) is 2.23. The first-order valence-corrected chi connectivity index (χ1v) is 6.66. The lowest BCUT2D eigenvalue weighted by atomic mass is 10.1. The lowest BCUT2D eigenvalue weighted by Crippen LogP contribution is -2.41. The third-order valence-corrected chi connectivity index (χ3v) is 2.28. The van der Waals surface area contributed by atoms with Crippen LogP contribution in [0.2, 0.25) is 0 Å². The summed E-state index contributed by atoms with van der Waals surface area (Å²) in [6.45, 7) is 9.35. The fourth-order valence-corrected chi connectivity index (χ4v) is 1.60. The van der Waals surface area contributed by atoms with Crippen molar-refractivity contribution >= 4 is 17.5 Å². The zero-order valence-corrected chi connectivity index (χ0v) is 12.2. The van der Waals surface area contributed by atoms with E-state index in [9.17, 15) is 4.79 Å². The Hall–Kier alpha value is -1.78. The van der Waals surface area contributed by atoms with Crippen molar-refractivity contribution in [2.75, 3.05) is 23.7 Å². The fourth-order valence-electron chi connectivity index (χ4n) is 1.60. The smallest absolute Gasteiger partial charge is 0.222 e. The van der Waals surface area contributed by atoms with Gasteiger partial charge in [0.1, 0.15) is 11.6 Å². The molecule has 0 unspecified atom stereocenters. The predicted molar refractivity (Wildman–Crippen MR) is 79.4 cm³/mol. The average Bonchev–Trinajstić information content (AvgIpc) is 2.27. The number of amides is 1. The summed E-state index contributed by atoms with van der Waals surface area (Å²) < 4.78 is 0. The molecule has 1 aromatic rings. The molecule has 0 saturated heterocycles. The van der Waals surface area contributed by atoms with Gasteiger partial charge in [-0.05, 0) is 39.8 Å². The second kappa shape index (κ2) is 6.97. The quantitative estimate of drug-likeness (QED) is 0.737. The molecule has 0 fully saturated rings. The summed E-state index contributed by atoms with van der Waals surface area (Å²) in [5.74, 6) is 1.66. The summed E-state index contributed by atoms with van der Waals surface area (Å²) in [5, 5.41) is 9.22. The third kappa shape index (κ3) is 6.64. The molecule has 1 rings (SSSR count). The van der Waals surface area contributed by atoms with Crippen LogP contribution in [0.15, 0.2) is 18.2 Å². The van der Waals surface area contributed by atoms with E-state index in [1.54, 1.807) is 0 Å². The van der Waals surface area contributed by atoms with E-state index in [-0.39, 0.29) is 11.4 Å². The second-order valence-electron chi connectivity index (χ2n) is 5.41. The molecule has 1 heterocycles. The van der Waals surface area contributed by atoms with Gasteiger partial charge in [-0.25, -0.2) is 4.98 Å². The first-order chi connectivity index (χ1) is 8.90. The zero-order valence-electron chi connectivity index (χ0n) is 12.2. The maximum absolute atomic E-state index is 11.6. The first-order valence-electron chi connectivity index (χ1n) is 6.66. The van der Waals surface area contributed by atoms with Crippen molar-refractivity contribution in [1.29, 1.82) is 0 Å². The van der Waals surface area contributed by atoms with E-state index in [0.29, 0.717) is 13.0 Å². The Morgan fingerprint density at radius 2 is 1.84 bits per heavy atom. The van der Waals surface area contributed by atoms with Crippen LogP contribution in [-0.4, -0.2) is 29.5 Å². The summed E-state index contributed by atoms with van der Waals surface area (Å²) in [6.07, 6.45) is 0.435. The van der Waals surface area contributed by atoms with Crippen molar-refractivity contribution in [3.05, 3.63) is 18.2 Å². The fraction of sp³-hybridized carbons (Fsp3) is 0.571. The Kier molecular flexibility index (Phi) is 5.60. The summed E-state index contributed by atoms with van der Waals surface area (Å²) in [5.41, 5.74) is -0.180. The van der Waals surface area contributed by atoms with Crippen LogP contribution in [0.5, 0.6) is 0 Å². The van der Waals surface area contributed by atoms with E-state index >= 15 is 0 Å². The van der Waals surface area contributed by atoms with Gasteiger partial charge in [0, 0.05) is 25.0 Å². The minimum absolute atomic E-state index is 0.0443. The molecule has 1 amide bonds. The normalized spacial score (nSPS) is 10.9. The number of pyridine rings is 1. The average molecular weight is 264 g/mol. The van der Waals surface area contributed by atoms with Crippen molar-refractivity contribution in [3.63, 3.8) is 0 Å². The lowest BCUT2D eigenvalue weighted by molar-refractivity contribution is -0.122. The standard InChI is InChI=1S/C14H24N4O/c1-5-15-11-7-6-8-12(17-11)16-10-9-13(19)18-14(2,3)4/h6-8H,5,9-10H2,1-4H3,(H,18,19)(H2,15,16,17). The number of hydrogen-bond donors (Lipinski definition) is 3. The SMILES string of the molecule is CCNc1cccc(NCCC(=O)NC(C)(C)C)n1. The highest BCUT2D eigenvalue weighted by atomic mass is 16.1. The molecule has 0 aromatic carbocycles. The lowest BCUT2D eigenvalue weighted by Gasteiger charge is -2.20. The Balaban J connectivity index is 2.36. The Labute approximate surface area is 115 Å². The van der Waals surface area contributed by atoms with Crippen molar-refractivity contribution in [3.8, 4) is 0 Å². The van der Waals surface area contributed by atoms with Crippen LogP contribution in [0.25, 0.3) is 0 Å². The summed E-state index contributed by atoms with van der Waals surface area (Å²) >= 11 is 0. The van der Waals surface area contributed by atoms with E-state index < -0.39 is 0 Å². The molecule has 5 nitrogen and oxygen atoms in total. The number of aromatic nitrogens is 1. The molecule has 0 bridgehead atoms. The van der Waals surface area contributed by atoms with Gasteiger partial charge < -0.3 is 16.0 Å². The van der Waals surface area contributed by atoms with Crippen LogP contribution >= 0.6 is 0 Å². The van der Waals surface area contributed by atoms with Crippen molar-refractivity contribution in [1.82, 2.24) is 10.3 Å². The van der Waals surface area contributed by atoms with E-state index in [4.69, 9.17) is 0 Å². The molecule has 0 aliphatic rings. The van der Waals surface area contributed by atoms with E-state index in [1.807, 2.05) is 45.9 Å². The second-order valence-corrected chi connectivity index (χ2v) is 5.41. The number of carbonyl (C=O) groups excluding carboxylic acids is 1. The largest absolute Gasteiger partial charge is 0.370 e. The molecule has 3 N–H and O–H groups in total. The number of carbonyl (C=O) groups is 1. The number of nitrogens with zero attached hydrogens (tertiary/aromatic N) is 1. The van der Waals surface area contributed by atoms with Crippen molar-refractivity contribution < 1.29 is 4.79 Å². The van der Waals surface area contributed by atoms with Gasteiger partial charge >= 0.3 is 0 Å². The molecule has 0 aliphatic heterocycles. The highest BCUT2D eigenvalue weighted by Gasteiger charge is 2.12. The molecule has 0 atom stereocenters. The van der Waals surface area contributed by atoms with Gasteiger partial charge in [0.2, 0.25) is 5.91 Å². The number of hydrogen-bond acceptors (Lipinski definition) is 4. The van der Waals surface area contributed by atoms with Crippen molar-refractivity contribution in [2.24, 2.45) is 0 Å². The third-order valence-electron chi connectivity index (χ3n) is 2.28. The molecule has 5 heteroatoms. The van der Waals surface area contributed by atoms with Gasteiger partial charge in [0.05, 0.1) is 0 Å². The van der Waals surface area contributed by atoms with E-state index in [2.05, 4.69) is 20.9 Å². The zero-order chi connectivity index (χ0) is 14.3. The highest BCUT2D eigenvalue weighted by molar-refractivity contribution is 5.77. The van der Waals surface area contributed by atoms with Gasteiger partial charge in [0.25, 0.3) is 0 Å². The highest BCUT2D eigenvalue weighted by Crippen LogP contribution is 2.08. The maximum atomic E-state index is 11.6. The van der Waals surface area contributed by atoms with Crippen LogP contribution in [0.3, 0.4) is 0 Å². The van der Waals surface area contributed by atoms with E-state index in [0.717, 1.165) is 18.2 Å². The van der Waals surface area contributed by atoms with Crippen LogP contribution in [-0.2, 0) is 4.79 Å². The number of nitrogens with one attached hydrogen (secondary N) is 3. The molecule has 19 heavy (non-hydrogen) atoms. The molecule has 106 valence electrons. The number of anilines is 2. The molecular formula is C14H24N4O. The van der Waals surface area contributed by atoms with Gasteiger partial charge in [-0.2, -0.15) is 0 Å². The minimum atomic E-state index is -0.180. The molecule has 0 radical (unpaired) electrons. The van der Waals surface area contributed by atoms with Crippen LogP contribution in [0.1, 0.15) is 34.1 Å².